The number of benzene rings is 1. The first-order chi connectivity index (χ1) is 9.02. The van der Waals surface area contributed by atoms with Crippen molar-refractivity contribution in [2.75, 3.05) is 39.1 Å². The van der Waals surface area contributed by atoms with E-state index in [4.69, 9.17) is 0 Å². The summed E-state index contributed by atoms with van der Waals surface area (Å²) >= 11 is 3.73. The Labute approximate surface area is 125 Å². The third-order valence-electron chi connectivity index (χ3n) is 4.14. The van der Waals surface area contributed by atoms with Crippen molar-refractivity contribution in [1.82, 2.24) is 10.2 Å². The first-order valence-electron chi connectivity index (χ1n) is 6.91. The Kier molecular flexibility index (Phi) is 4.87. The average molecular weight is 326 g/mol. The maximum atomic E-state index is 3.73. The maximum Gasteiger partial charge on any atom is 0.0511 e. The Morgan fingerprint density at radius 1 is 1.42 bits per heavy atom. The molecule has 1 fully saturated rings. The molecule has 1 aliphatic rings. The number of likely N-dealkylation sites (N-methyl/N-ethyl adjacent to an activating group) is 1. The lowest BCUT2D eigenvalue weighted by Crippen LogP contribution is -2.31. The van der Waals surface area contributed by atoms with Crippen LogP contribution in [0.15, 0.2) is 22.7 Å². The van der Waals surface area contributed by atoms with E-state index in [1.54, 1.807) is 0 Å². The minimum Gasteiger partial charge on any atom is -0.369 e. The van der Waals surface area contributed by atoms with Gasteiger partial charge in [0.15, 0.2) is 0 Å². The monoisotopic (exact) mass is 325 g/mol. The maximum absolute atomic E-state index is 3.73. The summed E-state index contributed by atoms with van der Waals surface area (Å²) in [6.07, 6.45) is 1.24. The molecule has 106 valence electrons. The van der Waals surface area contributed by atoms with Crippen LogP contribution in [0.25, 0.3) is 0 Å². The number of halogens is 1. The smallest absolute Gasteiger partial charge is 0.0511 e. The highest BCUT2D eigenvalue weighted by molar-refractivity contribution is 9.10. The molecule has 0 aliphatic carbocycles. The Morgan fingerprint density at radius 3 is 2.68 bits per heavy atom. The summed E-state index contributed by atoms with van der Waals surface area (Å²) in [5, 5.41) is 3.28. The van der Waals surface area contributed by atoms with E-state index < -0.39 is 0 Å². The number of rotatable bonds is 4. The lowest BCUT2D eigenvalue weighted by atomic mass is 10.1. The standard InChI is InChI=1S/C15H24BrN3/c1-11(17-2)12-5-6-15(14(16)9-12)19-8-7-13(10-19)18(3)4/h5-6,9,11,13,17H,7-8,10H2,1-4H3. The van der Waals surface area contributed by atoms with Crippen molar-refractivity contribution >= 4 is 21.6 Å². The molecule has 3 nitrogen and oxygen atoms in total. The molecule has 1 heterocycles. The van der Waals surface area contributed by atoms with Gasteiger partial charge in [-0.3, -0.25) is 0 Å². The zero-order valence-corrected chi connectivity index (χ0v) is 13.9. The first kappa shape index (κ1) is 14.8. The number of anilines is 1. The van der Waals surface area contributed by atoms with Crippen molar-refractivity contribution in [3.63, 3.8) is 0 Å². The van der Waals surface area contributed by atoms with Crippen LogP contribution >= 0.6 is 15.9 Å². The van der Waals surface area contributed by atoms with Crippen molar-refractivity contribution in [2.45, 2.75) is 25.4 Å². The topological polar surface area (TPSA) is 18.5 Å². The van der Waals surface area contributed by atoms with Crippen LogP contribution < -0.4 is 10.2 Å². The Hall–Kier alpha value is -0.580. The number of nitrogens with one attached hydrogen (secondary N) is 1. The van der Waals surface area contributed by atoms with Crippen molar-refractivity contribution in [2.24, 2.45) is 0 Å². The van der Waals surface area contributed by atoms with Gasteiger partial charge < -0.3 is 15.1 Å². The van der Waals surface area contributed by atoms with Gasteiger partial charge in [0.25, 0.3) is 0 Å². The molecule has 2 atom stereocenters. The van der Waals surface area contributed by atoms with Crippen molar-refractivity contribution in [3.05, 3.63) is 28.2 Å². The summed E-state index contributed by atoms with van der Waals surface area (Å²) < 4.78 is 1.20. The number of hydrogen-bond donors (Lipinski definition) is 1. The molecule has 19 heavy (non-hydrogen) atoms. The van der Waals surface area contributed by atoms with E-state index >= 15 is 0 Å². The van der Waals surface area contributed by atoms with Crippen LogP contribution in [0, 0.1) is 0 Å². The van der Waals surface area contributed by atoms with Gasteiger partial charge in [0.05, 0.1) is 5.69 Å². The highest BCUT2D eigenvalue weighted by Gasteiger charge is 2.25. The quantitative estimate of drug-likeness (QED) is 0.918. The molecule has 2 rings (SSSR count). The molecular weight excluding hydrogens is 302 g/mol. The normalized spacial score (nSPS) is 21.2. The van der Waals surface area contributed by atoms with E-state index in [2.05, 4.69) is 70.3 Å². The van der Waals surface area contributed by atoms with Crippen LogP contribution in [0.4, 0.5) is 5.69 Å². The predicted octanol–water partition coefficient (Wildman–Crippen LogP) is 2.87. The Bertz CT molecular complexity index is 433. The fourth-order valence-corrected chi connectivity index (χ4v) is 3.25. The van der Waals surface area contributed by atoms with Gasteiger partial charge in [-0.25, -0.2) is 0 Å². The molecule has 4 heteroatoms. The molecule has 0 amide bonds. The summed E-state index contributed by atoms with van der Waals surface area (Å²) in [5.74, 6) is 0. The van der Waals surface area contributed by atoms with Crippen molar-refractivity contribution in [3.8, 4) is 0 Å². The molecular formula is C15H24BrN3. The minimum absolute atomic E-state index is 0.387. The predicted molar refractivity (Wildman–Crippen MR) is 85.9 cm³/mol. The van der Waals surface area contributed by atoms with Gasteiger partial charge in [-0.1, -0.05) is 6.07 Å². The van der Waals surface area contributed by atoms with Crippen molar-refractivity contribution < 1.29 is 0 Å². The Balaban J connectivity index is 2.14. The lowest BCUT2D eigenvalue weighted by molar-refractivity contribution is 0.315. The van der Waals surface area contributed by atoms with Crippen LogP contribution in [0.5, 0.6) is 0 Å². The second-order valence-electron chi connectivity index (χ2n) is 5.57. The first-order valence-corrected chi connectivity index (χ1v) is 7.70. The van der Waals surface area contributed by atoms with E-state index in [0.29, 0.717) is 12.1 Å². The molecule has 0 spiro atoms. The molecule has 1 aromatic rings. The molecule has 0 radical (unpaired) electrons. The fourth-order valence-electron chi connectivity index (χ4n) is 2.60. The molecule has 1 N–H and O–H groups in total. The third kappa shape index (κ3) is 3.30. The van der Waals surface area contributed by atoms with Crippen molar-refractivity contribution in [1.29, 1.82) is 0 Å². The largest absolute Gasteiger partial charge is 0.369 e. The second kappa shape index (κ2) is 6.25. The van der Waals surface area contributed by atoms with E-state index in [1.807, 2.05) is 7.05 Å². The SMILES string of the molecule is CNC(C)c1ccc(N2CCC(N(C)C)C2)c(Br)c1. The van der Waals surface area contributed by atoms with Crippen LogP contribution in [0.1, 0.15) is 24.9 Å². The fraction of sp³-hybridized carbons (Fsp3) is 0.600. The molecule has 0 bridgehead atoms. The van der Waals surface area contributed by atoms with E-state index in [-0.39, 0.29) is 0 Å². The van der Waals surface area contributed by atoms with Gasteiger partial charge in [0.1, 0.15) is 0 Å². The van der Waals surface area contributed by atoms with Crippen LogP contribution in [-0.2, 0) is 0 Å². The third-order valence-corrected chi connectivity index (χ3v) is 4.77. The van der Waals surface area contributed by atoms with Crippen LogP contribution in [-0.4, -0.2) is 45.2 Å². The summed E-state index contributed by atoms with van der Waals surface area (Å²) in [7, 11) is 6.33. The second-order valence-corrected chi connectivity index (χ2v) is 6.43. The molecule has 2 unspecified atom stereocenters. The van der Waals surface area contributed by atoms with Gasteiger partial charge in [-0.05, 0) is 68.1 Å². The Morgan fingerprint density at radius 2 is 2.16 bits per heavy atom. The summed E-state index contributed by atoms with van der Waals surface area (Å²) in [6, 6.07) is 7.76. The highest BCUT2D eigenvalue weighted by atomic mass is 79.9. The summed E-state index contributed by atoms with van der Waals surface area (Å²) in [5.41, 5.74) is 2.64. The molecule has 1 saturated heterocycles. The van der Waals surface area contributed by atoms with Gasteiger partial charge in [0, 0.05) is 29.6 Å². The van der Waals surface area contributed by atoms with E-state index in [0.717, 1.165) is 13.1 Å². The highest BCUT2D eigenvalue weighted by Crippen LogP contribution is 2.32. The zero-order valence-electron chi connectivity index (χ0n) is 12.3. The van der Waals surface area contributed by atoms with Gasteiger partial charge in [-0.15, -0.1) is 0 Å². The van der Waals surface area contributed by atoms with Crippen LogP contribution in [0.2, 0.25) is 0 Å². The van der Waals surface area contributed by atoms with Gasteiger partial charge in [0.2, 0.25) is 0 Å². The van der Waals surface area contributed by atoms with Gasteiger partial charge >= 0.3 is 0 Å². The van der Waals surface area contributed by atoms with E-state index in [9.17, 15) is 0 Å². The summed E-state index contributed by atoms with van der Waals surface area (Å²) in [6.45, 7) is 4.44. The number of hydrogen-bond acceptors (Lipinski definition) is 3. The average Bonchev–Trinajstić information content (AvgIpc) is 2.87. The lowest BCUT2D eigenvalue weighted by Gasteiger charge is -2.23. The molecule has 1 aliphatic heterocycles. The molecule has 0 saturated carbocycles. The summed E-state index contributed by atoms with van der Waals surface area (Å²) in [4.78, 5) is 4.80. The molecule has 1 aromatic carbocycles. The number of nitrogens with zero attached hydrogens (tertiary/aromatic N) is 2. The van der Waals surface area contributed by atoms with E-state index in [1.165, 1.54) is 22.1 Å². The van der Waals surface area contributed by atoms with Crippen LogP contribution in [0.3, 0.4) is 0 Å². The minimum atomic E-state index is 0.387. The molecule has 0 aromatic heterocycles. The zero-order chi connectivity index (χ0) is 14.0. The van der Waals surface area contributed by atoms with Gasteiger partial charge in [-0.2, -0.15) is 0 Å².